The van der Waals surface area contributed by atoms with Gasteiger partial charge in [-0.1, -0.05) is 20.3 Å². The molecule has 0 saturated heterocycles. The van der Waals surface area contributed by atoms with E-state index < -0.39 is 0 Å². The van der Waals surface area contributed by atoms with Crippen LogP contribution in [0.15, 0.2) is 0 Å². The Morgan fingerprint density at radius 3 is 2.77 bits per heavy atom. The summed E-state index contributed by atoms with van der Waals surface area (Å²) in [5.41, 5.74) is 7.48. The third-order valence-electron chi connectivity index (χ3n) is 5.85. The SMILES string of the molecule is CC12CC(N)C(C1)C1CCCC12C. The summed E-state index contributed by atoms with van der Waals surface area (Å²) in [6.45, 7) is 5.04. The quantitative estimate of drug-likeness (QED) is 0.607. The lowest BCUT2D eigenvalue weighted by Crippen LogP contribution is -2.43. The third kappa shape index (κ3) is 0.743. The highest BCUT2D eigenvalue weighted by molar-refractivity contribution is 5.16. The Hall–Kier alpha value is -0.0400. The molecule has 0 radical (unpaired) electrons. The highest BCUT2D eigenvalue weighted by Gasteiger charge is 2.65. The van der Waals surface area contributed by atoms with Gasteiger partial charge in [0.25, 0.3) is 0 Å². The van der Waals surface area contributed by atoms with Gasteiger partial charge in [-0.2, -0.15) is 0 Å². The summed E-state index contributed by atoms with van der Waals surface area (Å²) < 4.78 is 0. The zero-order valence-electron chi connectivity index (χ0n) is 8.84. The second-order valence-electron chi connectivity index (χ2n) is 6.21. The first kappa shape index (κ1) is 8.28. The molecule has 2 N–H and O–H groups in total. The molecule has 5 unspecified atom stereocenters. The monoisotopic (exact) mass is 179 g/mol. The average Bonchev–Trinajstić information content (AvgIpc) is 2.58. The van der Waals surface area contributed by atoms with Gasteiger partial charge in [0, 0.05) is 6.04 Å². The van der Waals surface area contributed by atoms with Crippen LogP contribution >= 0.6 is 0 Å². The van der Waals surface area contributed by atoms with Crippen LogP contribution in [0.3, 0.4) is 0 Å². The first-order valence-electron chi connectivity index (χ1n) is 5.82. The normalized spacial score (nSPS) is 64.4. The van der Waals surface area contributed by atoms with Crippen LogP contribution in [0.2, 0.25) is 0 Å². The van der Waals surface area contributed by atoms with Crippen LogP contribution in [-0.4, -0.2) is 6.04 Å². The summed E-state index contributed by atoms with van der Waals surface area (Å²) in [5.74, 6) is 1.85. The minimum Gasteiger partial charge on any atom is -0.327 e. The van der Waals surface area contributed by atoms with Crippen LogP contribution in [0.25, 0.3) is 0 Å². The van der Waals surface area contributed by atoms with Crippen molar-refractivity contribution in [3.05, 3.63) is 0 Å². The Morgan fingerprint density at radius 2 is 2.00 bits per heavy atom. The van der Waals surface area contributed by atoms with Crippen molar-refractivity contribution in [1.29, 1.82) is 0 Å². The van der Waals surface area contributed by atoms with Gasteiger partial charge in [-0.25, -0.2) is 0 Å². The lowest BCUT2D eigenvalue weighted by Gasteiger charge is -2.45. The Bertz CT molecular complexity index is 250. The number of nitrogens with two attached hydrogens (primary N) is 1. The summed E-state index contributed by atoms with van der Waals surface area (Å²) in [7, 11) is 0. The summed E-state index contributed by atoms with van der Waals surface area (Å²) >= 11 is 0. The van der Waals surface area contributed by atoms with E-state index in [-0.39, 0.29) is 0 Å². The van der Waals surface area contributed by atoms with E-state index in [0.29, 0.717) is 16.9 Å². The molecule has 2 bridgehead atoms. The van der Waals surface area contributed by atoms with Gasteiger partial charge >= 0.3 is 0 Å². The molecule has 1 nitrogen and oxygen atoms in total. The van der Waals surface area contributed by atoms with Gasteiger partial charge in [0.15, 0.2) is 0 Å². The fraction of sp³-hybridized carbons (Fsp3) is 1.00. The fourth-order valence-electron chi connectivity index (χ4n) is 4.96. The van der Waals surface area contributed by atoms with Crippen molar-refractivity contribution in [2.45, 2.75) is 52.0 Å². The zero-order chi connectivity index (χ0) is 9.27. The molecule has 0 aromatic heterocycles. The second kappa shape index (κ2) is 2.13. The molecule has 3 saturated carbocycles. The van der Waals surface area contributed by atoms with Crippen molar-refractivity contribution in [2.24, 2.45) is 28.4 Å². The van der Waals surface area contributed by atoms with E-state index in [1.54, 1.807) is 0 Å². The van der Waals surface area contributed by atoms with Crippen molar-refractivity contribution in [2.75, 3.05) is 0 Å². The van der Waals surface area contributed by atoms with Crippen molar-refractivity contribution >= 4 is 0 Å². The molecular formula is C12H21N. The van der Waals surface area contributed by atoms with Gasteiger partial charge in [0.2, 0.25) is 0 Å². The van der Waals surface area contributed by atoms with E-state index in [2.05, 4.69) is 13.8 Å². The minimum absolute atomic E-state index is 0.529. The van der Waals surface area contributed by atoms with Crippen molar-refractivity contribution in [3.8, 4) is 0 Å². The molecule has 5 atom stereocenters. The standard InChI is InChI=1S/C12H21N/c1-11-6-8(10(13)7-11)9-4-3-5-12(9,11)2/h8-10H,3-7,13H2,1-2H3. The minimum atomic E-state index is 0.529. The highest BCUT2D eigenvalue weighted by Crippen LogP contribution is 2.71. The van der Waals surface area contributed by atoms with Crippen LogP contribution < -0.4 is 5.73 Å². The molecule has 3 fully saturated rings. The van der Waals surface area contributed by atoms with Crippen molar-refractivity contribution in [1.82, 2.24) is 0 Å². The molecule has 0 aromatic rings. The molecule has 0 amide bonds. The van der Waals surface area contributed by atoms with Crippen LogP contribution in [0.5, 0.6) is 0 Å². The smallest absolute Gasteiger partial charge is 0.00756 e. The zero-order valence-corrected chi connectivity index (χ0v) is 8.84. The molecule has 3 aliphatic rings. The Balaban J connectivity index is 2.05. The highest BCUT2D eigenvalue weighted by atomic mass is 14.8. The molecule has 1 heteroatoms. The lowest BCUT2D eigenvalue weighted by molar-refractivity contribution is 0.0484. The van der Waals surface area contributed by atoms with Gasteiger partial charge in [-0.3, -0.25) is 0 Å². The van der Waals surface area contributed by atoms with E-state index >= 15 is 0 Å². The molecule has 0 aromatic carbocycles. The van der Waals surface area contributed by atoms with E-state index in [9.17, 15) is 0 Å². The van der Waals surface area contributed by atoms with Gasteiger partial charge in [-0.05, 0) is 48.3 Å². The van der Waals surface area contributed by atoms with Crippen LogP contribution in [0, 0.1) is 22.7 Å². The van der Waals surface area contributed by atoms with Crippen molar-refractivity contribution in [3.63, 3.8) is 0 Å². The third-order valence-corrected chi connectivity index (χ3v) is 5.85. The predicted octanol–water partition coefficient (Wildman–Crippen LogP) is 2.55. The maximum absolute atomic E-state index is 6.22. The van der Waals surface area contributed by atoms with Crippen LogP contribution in [-0.2, 0) is 0 Å². The fourth-order valence-corrected chi connectivity index (χ4v) is 4.96. The Labute approximate surface area is 81.1 Å². The predicted molar refractivity (Wildman–Crippen MR) is 54.3 cm³/mol. The molecule has 0 heterocycles. The lowest BCUT2D eigenvalue weighted by atomic mass is 9.60. The molecule has 3 aliphatic carbocycles. The maximum atomic E-state index is 6.22. The summed E-state index contributed by atoms with van der Waals surface area (Å²) in [5, 5.41) is 0. The molecule has 13 heavy (non-hydrogen) atoms. The van der Waals surface area contributed by atoms with Crippen LogP contribution in [0.4, 0.5) is 0 Å². The number of rotatable bonds is 0. The van der Waals surface area contributed by atoms with Gasteiger partial charge < -0.3 is 5.73 Å². The van der Waals surface area contributed by atoms with Crippen LogP contribution in [0.1, 0.15) is 46.0 Å². The topological polar surface area (TPSA) is 26.0 Å². The van der Waals surface area contributed by atoms with E-state index in [4.69, 9.17) is 5.73 Å². The van der Waals surface area contributed by atoms with Gasteiger partial charge in [0.1, 0.15) is 0 Å². The molecular weight excluding hydrogens is 158 g/mol. The number of hydrogen-bond donors (Lipinski definition) is 1. The summed E-state index contributed by atoms with van der Waals surface area (Å²) in [4.78, 5) is 0. The Kier molecular flexibility index (Phi) is 1.36. The average molecular weight is 179 g/mol. The number of fused-ring (bicyclic) bond motifs is 5. The molecule has 3 rings (SSSR count). The largest absolute Gasteiger partial charge is 0.327 e. The first-order valence-corrected chi connectivity index (χ1v) is 5.82. The second-order valence-corrected chi connectivity index (χ2v) is 6.21. The van der Waals surface area contributed by atoms with Gasteiger partial charge in [0.05, 0.1) is 0 Å². The molecule has 0 spiro atoms. The first-order chi connectivity index (χ1) is 6.07. The van der Waals surface area contributed by atoms with E-state index in [1.807, 2.05) is 0 Å². The Morgan fingerprint density at radius 1 is 1.23 bits per heavy atom. The summed E-state index contributed by atoms with van der Waals surface area (Å²) in [6.07, 6.45) is 7.11. The van der Waals surface area contributed by atoms with E-state index in [1.165, 1.54) is 32.1 Å². The van der Waals surface area contributed by atoms with Gasteiger partial charge in [-0.15, -0.1) is 0 Å². The summed E-state index contributed by atoms with van der Waals surface area (Å²) in [6, 6.07) is 0.529. The molecule has 0 aliphatic heterocycles. The molecule has 74 valence electrons. The number of hydrogen-bond acceptors (Lipinski definition) is 1. The maximum Gasteiger partial charge on any atom is 0.00756 e. The van der Waals surface area contributed by atoms with Crippen molar-refractivity contribution < 1.29 is 0 Å². The van der Waals surface area contributed by atoms with E-state index in [0.717, 1.165) is 11.8 Å².